The van der Waals surface area contributed by atoms with Crippen molar-refractivity contribution in [1.29, 1.82) is 0 Å². The van der Waals surface area contributed by atoms with Crippen LogP contribution in [-0.4, -0.2) is 34.8 Å². The molecule has 1 fully saturated rings. The predicted octanol–water partition coefficient (Wildman–Crippen LogP) is 2.58. The molecule has 0 aliphatic carbocycles. The van der Waals surface area contributed by atoms with Gasteiger partial charge in [0.2, 0.25) is 5.91 Å². The Morgan fingerprint density at radius 2 is 2.10 bits per heavy atom. The third kappa shape index (κ3) is 3.39. The van der Waals surface area contributed by atoms with Crippen LogP contribution in [0.25, 0.3) is 0 Å². The first-order valence-corrected chi connectivity index (χ1v) is 7.43. The van der Waals surface area contributed by atoms with Gasteiger partial charge < -0.3 is 10.2 Å². The first-order chi connectivity index (χ1) is 9.27. The van der Waals surface area contributed by atoms with Crippen molar-refractivity contribution in [3.8, 4) is 0 Å². The second-order valence-corrected chi connectivity index (χ2v) is 6.98. The van der Waals surface area contributed by atoms with Crippen molar-refractivity contribution in [2.24, 2.45) is 0 Å². The summed E-state index contributed by atoms with van der Waals surface area (Å²) in [7, 11) is 0. The smallest absolute Gasteiger partial charge is 0.251 e. The molecular formula is C15H19BrN2O2. The van der Waals surface area contributed by atoms with Gasteiger partial charge in [-0.2, -0.15) is 0 Å². The number of hydrogen-bond acceptors (Lipinski definition) is 2. The summed E-state index contributed by atoms with van der Waals surface area (Å²) < 4.78 is 0.865. The number of nitrogens with zero attached hydrogens (tertiary/aromatic N) is 1. The van der Waals surface area contributed by atoms with E-state index in [0.717, 1.165) is 4.47 Å². The van der Waals surface area contributed by atoms with Crippen molar-refractivity contribution in [1.82, 2.24) is 10.2 Å². The normalized spacial score (nSPS) is 19.3. The van der Waals surface area contributed by atoms with Crippen LogP contribution in [0.3, 0.4) is 0 Å². The van der Waals surface area contributed by atoms with Gasteiger partial charge in [-0.3, -0.25) is 9.59 Å². The van der Waals surface area contributed by atoms with Crippen LogP contribution in [0.1, 0.15) is 37.6 Å². The minimum absolute atomic E-state index is 0.0945. The summed E-state index contributed by atoms with van der Waals surface area (Å²) in [6.07, 6.45) is 0.372. The molecule has 2 rings (SSSR count). The summed E-state index contributed by atoms with van der Waals surface area (Å²) in [5.41, 5.74) is 0.396. The second-order valence-electron chi connectivity index (χ2n) is 6.06. The minimum atomic E-state index is -0.202. The van der Waals surface area contributed by atoms with Gasteiger partial charge in [-0.05, 0) is 39.0 Å². The summed E-state index contributed by atoms with van der Waals surface area (Å²) in [6.45, 7) is 6.58. The molecule has 1 aromatic carbocycles. The van der Waals surface area contributed by atoms with Gasteiger partial charge in [-0.1, -0.05) is 22.0 Å². The van der Waals surface area contributed by atoms with Crippen molar-refractivity contribution in [2.75, 3.05) is 6.54 Å². The monoisotopic (exact) mass is 338 g/mol. The van der Waals surface area contributed by atoms with E-state index in [4.69, 9.17) is 0 Å². The van der Waals surface area contributed by atoms with Gasteiger partial charge in [0.05, 0.1) is 6.04 Å². The predicted molar refractivity (Wildman–Crippen MR) is 81.5 cm³/mol. The molecule has 5 heteroatoms. The Hall–Kier alpha value is -1.36. The van der Waals surface area contributed by atoms with E-state index in [1.165, 1.54) is 0 Å². The lowest BCUT2D eigenvalue weighted by molar-refractivity contribution is -0.131. The van der Waals surface area contributed by atoms with Crippen LogP contribution in [0.5, 0.6) is 0 Å². The number of carbonyl (C=O) groups excluding carboxylic acids is 2. The first kappa shape index (κ1) is 15.0. The minimum Gasteiger partial charge on any atom is -0.347 e. The lowest BCUT2D eigenvalue weighted by Gasteiger charge is -2.32. The van der Waals surface area contributed by atoms with Crippen LogP contribution in [0.4, 0.5) is 0 Å². The molecule has 0 spiro atoms. The molecule has 1 aliphatic heterocycles. The molecule has 1 aliphatic rings. The fourth-order valence-corrected chi connectivity index (χ4v) is 2.75. The highest BCUT2D eigenvalue weighted by molar-refractivity contribution is 9.10. The van der Waals surface area contributed by atoms with E-state index in [-0.39, 0.29) is 23.4 Å². The number of halogens is 1. The standard InChI is InChI=1S/C15H19BrN2O2/c1-15(2,3)18-9-12(8-13(18)19)17-14(20)10-5-4-6-11(16)7-10/h4-7,12H,8-9H2,1-3H3,(H,17,20). The Labute approximate surface area is 127 Å². The molecular weight excluding hydrogens is 320 g/mol. The maximum absolute atomic E-state index is 12.2. The van der Waals surface area contributed by atoms with Crippen LogP contribution < -0.4 is 5.32 Å². The third-order valence-corrected chi connectivity index (χ3v) is 3.85. The molecule has 4 nitrogen and oxygen atoms in total. The number of carbonyl (C=O) groups is 2. The van der Waals surface area contributed by atoms with Crippen LogP contribution in [0.15, 0.2) is 28.7 Å². The highest BCUT2D eigenvalue weighted by Crippen LogP contribution is 2.22. The maximum Gasteiger partial charge on any atom is 0.251 e. The highest BCUT2D eigenvalue weighted by Gasteiger charge is 2.36. The number of hydrogen-bond donors (Lipinski definition) is 1. The molecule has 20 heavy (non-hydrogen) atoms. The van der Waals surface area contributed by atoms with E-state index in [1.54, 1.807) is 12.1 Å². The largest absolute Gasteiger partial charge is 0.347 e. The molecule has 0 bridgehead atoms. The quantitative estimate of drug-likeness (QED) is 0.900. The highest BCUT2D eigenvalue weighted by atomic mass is 79.9. The molecule has 0 saturated carbocycles. The van der Waals surface area contributed by atoms with E-state index >= 15 is 0 Å². The summed E-state index contributed by atoms with van der Waals surface area (Å²) in [4.78, 5) is 25.9. The Bertz CT molecular complexity index is 537. The summed E-state index contributed by atoms with van der Waals surface area (Å²) >= 11 is 3.35. The SMILES string of the molecule is CC(C)(C)N1CC(NC(=O)c2cccc(Br)c2)CC1=O. The topological polar surface area (TPSA) is 49.4 Å². The average molecular weight is 339 g/mol. The zero-order chi connectivity index (χ0) is 14.9. The average Bonchev–Trinajstić information content (AvgIpc) is 2.70. The Balaban J connectivity index is 2.02. The van der Waals surface area contributed by atoms with Gasteiger partial charge in [0.25, 0.3) is 5.91 Å². The third-order valence-electron chi connectivity index (χ3n) is 3.36. The number of benzene rings is 1. The molecule has 108 valence electrons. The molecule has 1 aromatic rings. The fourth-order valence-electron chi connectivity index (χ4n) is 2.35. The summed E-state index contributed by atoms with van der Waals surface area (Å²) in [5.74, 6) is -0.0445. The van der Waals surface area contributed by atoms with Gasteiger partial charge in [-0.15, -0.1) is 0 Å². The fraction of sp³-hybridized carbons (Fsp3) is 0.467. The molecule has 1 N–H and O–H groups in total. The Morgan fingerprint density at radius 1 is 1.40 bits per heavy atom. The molecule has 0 radical (unpaired) electrons. The lowest BCUT2D eigenvalue weighted by atomic mass is 10.1. The number of nitrogens with one attached hydrogen (secondary N) is 1. The Kier molecular flexibility index (Phi) is 4.18. The summed E-state index contributed by atoms with van der Waals surface area (Å²) in [6, 6.07) is 7.11. The van der Waals surface area contributed by atoms with Crippen LogP contribution in [-0.2, 0) is 4.79 Å². The van der Waals surface area contributed by atoms with Gasteiger partial charge in [-0.25, -0.2) is 0 Å². The van der Waals surface area contributed by atoms with Crippen molar-refractivity contribution >= 4 is 27.7 Å². The van der Waals surface area contributed by atoms with Crippen molar-refractivity contribution in [2.45, 2.75) is 38.8 Å². The molecule has 1 unspecified atom stereocenters. The van der Waals surface area contributed by atoms with E-state index < -0.39 is 0 Å². The molecule has 1 atom stereocenters. The zero-order valence-electron chi connectivity index (χ0n) is 11.9. The van der Waals surface area contributed by atoms with Crippen molar-refractivity contribution in [3.63, 3.8) is 0 Å². The van der Waals surface area contributed by atoms with E-state index in [9.17, 15) is 9.59 Å². The van der Waals surface area contributed by atoms with Crippen LogP contribution >= 0.6 is 15.9 Å². The molecule has 2 amide bonds. The van der Waals surface area contributed by atoms with Gasteiger partial charge >= 0.3 is 0 Å². The number of rotatable bonds is 2. The molecule has 0 aromatic heterocycles. The van der Waals surface area contributed by atoms with Gasteiger partial charge in [0.1, 0.15) is 0 Å². The van der Waals surface area contributed by atoms with E-state index in [1.807, 2.05) is 37.8 Å². The van der Waals surface area contributed by atoms with Crippen LogP contribution in [0.2, 0.25) is 0 Å². The zero-order valence-corrected chi connectivity index (χ0v) is 13.5. The lowest BCUT2D eigenvalue weighted by Crippen LogP contribution is -2.44. The van der Waals surface area contributed by atoms with E-state index in [0.29, 0.717) is 18.5 Å². The van der Waals surface area contributed by atoms with Crippen LogP contribution in [0, 0.1) is 0 Å². The van der Waals surface area contributed by atoms with Gasteiger partial charge in [0.15, 0.2) is 0 Å². The van der Waals surface area contributed by atoms with Crippen molar-refractivity contribution in [3.05, 3.63) is 34.3 Å². The molecule has 1 heterocycles. The molecule has 1 saturated heterocycles. The second kappa shape index (κ2) is 5.56. The Morgan fingerprint density at radius 3 is 2.65 bits per heavy atom. The number of likely N-dealkylation sites (tertiary alicyclic amines) is 1. The van der Waals surface area contributed by atoms with Gasteiger partial charge in [0, 0.05) is 28.5 Å². The maximum atomic E-state index is 12.2. The number of amides is 2. The van der Waals surface area contributed by atoms with Crippen molar-refractivity contribution < 1.29 is 9.59 Å². The summed E-state index contributed by atoms with van der Waals surface area (Å²) in [5, 5.41) is 2.93. The first-order valence-electron chi connectivity index (χ1n) is 6.64. The van der Waals surface area contributed by atoms with E-state index in [2.05, 4.69) is 21.2 Å².